The van der Waals surface area contributed by atoms with Gasteiger partial charge in [-0.05, 0) is 80.2 Å². The Kier molecular flexibility index (Phi) is 7.63. The fourth-order valence-electron chi connectivity index (χ4n) is 4.03. The van der Waals surface area contributed by atoms with Crippen molar-refractivity contribution in [2.75, 3.05) is 6.61 Å². The van der Waals surface area contributed by atoms with E-state index in [4.69, 9.17) is 9.47 Å². The zero-order valence-electron chi connectivity index (χ0n) is 17.7. The lowest BCUT2D eigenvalue weighted by Gasteiger charge is -2.27. The van der Waals surface area contributed by atoms with Gasteiger partial charge in [-0.1, -0.05) is 24.3 Å². The summed E-state index contributed by atoms with van der Waals surface area (Å²) >= 11 is 0. The third kappa shape index (κ3) is 6.02. The second kappa shape index (κ2) is 10.2. The van der Waals surface area contributed by atoms with Gasteiger partial charge in [-0.25, -0.2) is 4.39 Å². The number of hydrogen-bond acceptors (Lipinski definition) is 2. The zero-order valence-corrected chi connectivity index (χ0v) is 17.7. The number of hydrogen-bond donors (Lipinski definition) is 0. The van der Waals surface area contributed by atoms with E-state index in [1.54, 1.807) is 19.1 Å². The first-order valence-electron chi connectivity index (χ1n) is 10.7. The average molecular weight is 436 g/mol. The van der Waals surface area contributed by atoms with Crippen molar-refractivity contribution in [3.63, 3.8) is 0 Å². The molecule has 1 aliphatic carbocycles. The minimum Gasteiger partial charge on any atom is -0.491 e. The van der Waals surface area contributed by atoms with Crippen LogP contribution in [0.5, 0.6) is 11.5 Å². The lowest BCUT2D eigenvalue weighted by atomic mass is 9.79. The molecule has 168 valence electrons. The van der Waals surface area contributed by atoms with Crippen LogP contribution in [0, 0.1) is 17.6 Å². The van der Waals surface area contributed by atoms with Gasteiger partial charge in [0.1, 0.15) is 5.75 Å². The number of halogens is 4. The second-order valence-corrected chi connectivity index (χ2v) is 7.94. The molecule has 0 amide bonds. The van der Waals surface area contributed by atoms with E-state index in [2.05, 4.69) is 6.58 Å². The van der Waals surface area contributed by atoms with Crippen molar-refractivity contribution in [1.29, 1.82) is 0 Å². The van der Waals surface area contributed by atoms with Gasteiger partial charge in [0, 0.05) is 0 Å². The molecule has 0 saturated heterocycles. The molecular formula is C25H28F4O2. The Hall–Kier alpha value is -2.50. The van der Waals surface area contributed by atoms with E-state index in [0.717, 1.165) is 31.2 Å². The van der Waals surface area contributed by atoms with Crippen LogP contribution in [0.3, 0.4) is 0 Å². The Morgan fingerprint density at radius 1 is 1.00 bits per heavy atom. The maximum Gasteiger partial charge on any atom is 0.398 e. The molecule has 0 bridgehead atoms. The fraction of sp³-hybridized carbons (Fsp3) is 0.440. The lowest BCUT2D eigenvalue weighted by molar-refractivity contribution is -0.180. The summed E-state index contributed by atoms with van der Waals surface area (Å²) in [4.78, 5) is 0. The number of aryl methyl sites for hydroxylation is 1. The van der Waals surface area contributed by atoms with Crippen LogP contribution in [-0.4, -0.2) is 12.7 Å². The van der Waals surface area contributed by atoms with Crippen molar-refractivity contribution < 1.29 is 27.0 Å². The lowest BCUT2D eigenvalue weighted by Crippen LogP contribution is -2.25. The van der Waals surface area contributed by atoms with E-state index >= 15 is 0 Å². The topological polar surface area (TPSA) is 18.5 Å². The normalized spacial score (nSPS) is 19.1. The number of benzene rings is 2. The monoisotopic (exact) mass is 436 g/mol. The predicted molar refractivity (Wildman–Crippen MR) is 113 cm³/mol. The van der Waals surface area contributed by atoms with Crippen molar-refractivity contribution in [2.45, 2.75) is 57.5 Å². The van der Waals surface area contributed by atoms with Crippen molar-refractivity contribution in [3.8, 4) is 11.5 Å². The van der Waals surface area contributed by atoms with Gasteiger partial charge >= 0.3 is 6.11 Å². The Bertz CT molecular complexity index is 872. The van der Waals surface area contributed by atoms with E-state index in [9.17, 15) is 17.6 Å². The molecule has 2 nitrogen and oxygen atoms in total. The highest BCUT2D eigenvalue weighted by atomic mass is 19.3. The summed E-state index contributed by atoms with van der Waals surface area (Å²) in [7, 11) is 0. The van der Waals surface area contributed by atoms with Crippen molar-refractivity contribution >= 4 is 0 Å². The molecule has 0 atom stereocenters. The molecular weight excluding hydrogens is 408 g/mol. The molecule has 31 heavy (non-hydrogen) atoms. The van der Waals surface area contributed by atoms with Gasteiger partial charge in [-0.2, -0.15) is 13.2 Å². The van der Waals surface area contributed by atoms with Gasteiger partial charge in [0.25, 0.3) is 0 Å². The van der Waals surface area contributed by atoms with Crippen LogP contribution in [0.4, 0.5) is 17.6 Å². The van der Waals surface area contributed by atoms with Crippen LogP contribution in [0.15, 0.2) is 49.1 Å². The molecule has 1 fully saturated rings. The Balaban J connectivity index is 1.57. The number of alkyl halides is 2. The fourth-order valence-corrected chi connectivity index (χ4v) is 4.03. The molecule has 0 aliphatic heterocycles. The highest BCUT2D eigenvalue weighted by Gasteiger charge is 2.32. The van der Waals surface area contributed by atoms with Crippen LogP contribution in [0.2, 0.25) is 0 Å². The standard InChI is InChI=1S/C25H28F4O2/c1-3-17-5-7-18(8-6-17)19-9-12-21(13-10-19)31-25(28,29)16-15-20-11-14-22(30-4-2)24(27)23(20)26/h3,9-14,17-18H,1,4-8,15-16H2,2H3. The van der Waals surface area contributed by atoms with Gasteiger partial charge in [0.05, 0.1) is 13.0 Å². The quantitative estimate of drug-likeness (QED) is 0.301. The Morgan fingerprint density at radius 3 is 2.29 bits per heavy atom. The van der Waals surface area contributed by atoms with Crippen LogP contribution < -0.4 is 9.47 Å². The molecule has 0 N–H and O–H groups in total. The van der Waals surface area contributed by atoms with Crippen molar-refractivity contribution in [2.24, 2.45) is 5.92 Å². The third-order valence-electron chi connectivity index (χ3n) is 5.84. The van der Waals surface area contributed by atoms with Crippen molar-refractivity contribution in [1.82, 2.24) is 0 Å². The first kappa shape index (κ1) is 23.2. The molecule has 0 aromatic heterocycles. The first-order valence-corrected chi connectivity index (χ1v) is 10.7. The number of allylic oxidation sites excluding steroid dienone is 1. The smallest absolute Gasteiger partial charge is 0.398 e. The van der Waals surface area contributed by atoms with Crippen molar-refractivity contribution in [3.05, 3.63) is 71.8 Å². The van der Waals surface area contributed by atoms with E-state index < -0.39 is 24.2 Å². The van der Waals surface area contributed by atoms with Gasteiger partial charge < -0.3 is 9.47 Å². The number of rotatable bonds is 9. The summed E-state index contributed by atoms with van der Waals surface area (Å²) in [6, 6.07) is 9.24. The highest BCUT2D eigenvalue weighted by Crippen LogP contribution is 2.37. The Labute approximate surface area is 180 Å². The SMILES string of the molecule is C=CC1CCC(c2ccc(OC(F)(F)CCc3ccc(OCC)c(F)c3F)cc2)CC1. The summed E-state index contributed by atoms with van der Waals surface area (Å²) in [5.41, 5.74) is 0.972. The first-order chi connectivity index (χ1) is 14.8. The van der Waals surface area contributed by atoms with Crippen LogP contribution in [0.25, 0.3) is 0 Å². The maximum atomic E-state index is 14.3. The summed E-state index contributed by atoms with van der Waals surface area (Å²) < 4.78 is 66.4. The molecule has 1 saturated carbocycles. The molecule has 0 heterocycles. The highest BCUT2D eigenvalue weighted by molar-refractivity contribution is 5.32. The molecule has 2 aromatic rings. The predicted octanol–water partition coefficient (Wildman–Crippen LogP) is 7.43. The van der Waals surface area contributed by atoms with Crippen LogP contribution in [-0.2, 0) is 6.42 Å². The summed E-state index contributed by atoms with van der Waals surface area (Å²) in [5, 5.41) is 0. The molecule has 2 aromatic carbocycles. The van der Waals surface area contributed by atoms with E-state index in [1.807, 2.05) is 18.2 Å². The van der Waals surface area contributed by atoms with Crippen LogP contribution in [0.1, 0.15) is 56.1 Å². The maximum absolute atomic E-state index is 14.3. The molecule has 6 heteroatoms. The van der Waals surface area contributed by atoms with Crippen LogP contribution >= 0.6 is 0 Å². The van der Waals surface area contributed by atoms with Gasteiger partial charge in [-0.15, -0.1) is 6.58 Å². The molecule has 3 rings (SSSR count). The summed E-state index contributed by atoms with van der Waals surface area (Å²) in [6.45, 7) is 5.67. The largest absolute Gasteiger partial charge is 0.491 e. The minimum absolute atomic E-state index is 0.0480. The Morgan fingerprint density at radius 2 is 1.68 bits per heavy atom. The third-order valence-corrected chi connectivity index (χ3v) is 5.84. The van der Waals surface area contributed by atoms with E-state index in [0.29, 0.717) is 11.8 Å². The summed E-state index contributed by atoms with van der Waals surface area (Å²) in [5.74, 6) is -1.54. The molecule has 0 unspecified atom stereocenters. The van der Waals surface area contributed by atoms with Gasteiger partial charge in [0.2, 0.25) is 5.82 Å². The van der Waals surface area contributed by atoms with Gasteiger partial charge in [0.15, 0.2) is 11.6 Å². The van der Waals surface area contributed by atoms with E-state index in [-0.39, 0.29) is 30.1 Å². The number of ether oxygens (including phenoxy) is 2. The molecule has 0 spiro atoms. The zero-order chi connectivity index (χ0) is 22.4. The van der Waals surface area contributed by atoms with E-state index in [1.165, 1.54) is 12.1 Å². The van der Waals surface area contributed by atoms with Gasteiger partial charge in [-0.3, -0.25) is 0 Å². The second-order valence-electron chi connectivity index (χ2n) is 7.94. The molecule has 0 radical (unpaired) electrons. The average Bonchev–Trinajstić information content (AvgIpc) is 2.77. The minimum atomic E-state index is -3.51. The summed E-state index contributed by atoms with van der Waals surface area (Å²) in [6.07, 6.45) is 1.64. The molecule has 1 aliphatic rings.